The summed E-state index contributed by atoms with van der Waals surface area (Å²) in [5.41, 5.74) is 0.489. The van der Waals surface area contributed by atoms with Gasteiger partial charge < -0.3 is 14.7 Å². The van der Waals surface area contributed by atoms with Gasteiger partial charge in [-0.05, 0) is 40.5 Å². The van der Waals surface area contributed by atoms with E-state index in [2.05, 4.69) is 38.0 Å². The fraction of sp³-hybridized carbons (Fsp3) is 0.600. The Labute approximate surface area is 205 Å². The fourth-order valence-electron chi connectivity index (χ4n) is 5.62. The lowest BCUT2D eigenvalue weighted by atomic mass is 9.66. The first-order valence-corrected chi connectivity index (χ1v) is 12.2. The van der Waals surface area contributed by atoms with E-state index in [0.29, 0.717) is 24.5 Å². The topological polar surface area (TPSA) is 102 Å². The average Bonchev–Trinajstić information content (AvgIpc) is 3.21. The number of aromatic nitrogens is 4. The van der Waals surface area contributed by atoms with E-state index in [1.807, 2.05) is 11.8 Å². The molecule has 2 aromatic rings. The number of nitrogens with zero attached hydrogens (tertiary/aromatic N) is 8. The van der Waals surface area contributed by atoms with Crippen molar-refractivity contribution in [3.63, 3.8) is 0 Å². The van der Waals surface area contributed by atoms with Gasteiger partial charge in [0.05, 0.1) is 17.2 Å². The van der Waals surface area contributed by atoms with Crippen LogP contribution >= 0.6 is 0 Å². The lowest BCUT2D eigenvalue weighted by molar-refractivity contribution is -0.144. The van der Waals surface area contributed by atoms with Gasteiger partial charge in [-0.2, -0.15) is 10.4 Å². The molecule has 35 heavy (non-hydrogen) atoms. The number of alkyl halides is 1. The van der Waals surface area contributed by atoms with Crippen molar-refractivity contribution in [3.05, 3.63) is 29.7 Å². The van der Waals surface area contributed by atoms with Gasteiger partial charge >= 0.3 is 0 Å². The summed E-state index contributed by atoms with van der Waals surface area (Å²) < 4.78 is 13.5. The second-order valence-electron chi connectivity index (χ2n) is 10.9. The maximum absolute atomic E-state index is 13.5. The van der Waals surface area contributed by atoms with Crippen molar-refractivity contribution in [2.45, 2.75) is 64.5 Å². The van der Waals surface area contributed by atoms with Crippen LogP contribution in [0.15, 0.2) is 18.6 Å². The Morgan fingerprint density at radius 3 is 2.63 bits per heavy atom. The minimum Gasteiger partial charge on any atom is -0.350 e. The Hall–Kier alpha value is -3.35. The third-order valence-electron chi connectivity index (χ3n) is 7.84. The molecule has 1 saturated heterocycles. The van der Waals surface area contributed by atoms with E-state index in [4.69, 9.17) is 4.98 Å². The van der Waals surface area contributed by atoms with Crippen molar-refractivity contribution in [2.75, 3.05) is 36.1 Å². The number of rotatable bonds is 4. The Bertz CT molecular complexity index is 1190. The Balaban J connectivity index is 1.51. The second kappa shape index (κ2) is 8.40. The van der Waals surface area contributed by atoms with Crippen molar-refractivity contribution in [1.29, 1.82) is 5.26 Å². The number of nitriles is 1. The van der Waals surface area contributed by atoms with Crippen molar-refractivity contribution in [3.8, 4) is 6.07 Å². The average molecular weight is 479 g/mol. The highest BCUT2D eigenvalue weighted by Gasteiger charge is 2.52. The van der Waals surface area contributed by atoms with Crippen LogP contribution in [0.25, 0.3) is 0 Å². The summed E-state index contributed by atoms with van der Waals surface area (Å²) in [5.74, 6) is 2.18. The molecule has 9 nitrogen and oxygen atoms in total. The monoisotopic (exact) mass is 478 g/mol. The van der Waals surface area contributed by atoms with Gasteiger partial charge in [0.25, 0.3) is 0 Å². The third-order valence-corrected chi connectivity index (χ3v) is 7.84. The van der Waals surface area contributed by atoms with Crippen LogP contribution in [-0.4, -0.2) is 69.4 Å². The van der Waals surface area contributed by atoms with Crippen LogP contribution in [0.1, 0.15) is 58.1 Å². The molecule has 0 aromatic carbocycles. The first kappa shape index (κ1) is 23.4. The quantitative estimate of drug-likeness (QED) is 0.661. The van der Waals surface area contributed by atoms with Gasteiger partial charge in [0.1, 0.15) is 30.7 Å². The molecule has 1 saturated carbocycles. The van der Waals surface area contributed by atoms with Crippen molar-refractivity contribution >= 4 is 23.4 Å². The first-order valence-electron chi connectivity index (χ1n) is 12.2. The predicted octanol–water partition coefficient (Wildman–Crippen LogP) is 3.13. The maximum Gasteiger partial charge on any atom is 0.231 e. The van der Waals surface area contributed by atoms with E-state index < -0.39 is 12.1 Å². The minimum atomic E-state index is -1.03. The van der Waals surface area contributed by atoms with Gasteiger partial charge in [0.2, 0.25) is 5.91 Å². The van der Waals surface area contributed by atoms with Crippen LogP contribution in [0.2, 0.25) is 0 Å². The molecule has 2 atom stereocenters. The van der Waals surface area contributed by atoms with Crippen LogP contribution in [0.4, 0.5) is 21.8 Å². The summed E-state index contributed by atoms with van der Waals surface area (Å²) in [6, 6.07) is 3.82. The molecular formula is C25H31FN8O. The van der Waals surface area contributed by atoms with E-state index in [0.717, 1.165) is 43.0 Å². The zero-order valence-electron chi connectivity index (χ0n) is 20.7. The normalized spacial score (nSPS) is 23.1. The summed E-state index contributed by atoms with van der Waals surface area (Å²) in [5, 5.41) is 17.7. The molecule has 10 heteroatoms. The molecule has 2 aromatic heterocycles. The molecule has 0 N–H and O–H groups in total. The lowest BCUT2D eigenvalue weighted by Gasteiger charge is -2.48. The molecule has 184 valence electrons. The van der Waals surface area contributed by atoms with E-state index in [9.17, 15) is 14.4 Å². The van der Waals surface area contributed by atoms with Gasteiger partial charge in [-0.3, -0.25) is 4.79 Å². The molecule has 2 fully saturated rings. The van der Waals surface area contributed by atoms with Crippen LogP contribution < -0.4 is 9.80 Å². The third kappa shape index (κ3) is 3.68. The number of anilines is 3. The summed E-state index contributed by atoms with van der Waals surface area (Å²) in [6.07, 6.45) is 6.25. The predicted molar refractivity (Wildman–Crippen MR) is 129 cm³/mol. The lowest BCUT2D eigenvalue weighted by Crippen LogP contribution is -2.61. The largest absolute Gasteiger partial charge is 0.350 e. The molecule has 2 aliphatic heterocycles. The zero-order chi connectivity index (χ0) is 25.0. The van der Waals surface area contributed by atoms with Crippen LogP contribution in [0.3, 0.4) is 0 Å². The highest BCUT2D eigenvalue weighted by molar-refractivity contribution is 5.83. The van der Waals surface area contributed by atoms with Gasteiger partial charge in [-0.25, -0.2) is 14.4 Å². The Morgan fingerprint density at radius 1 is 1.23 bits per heavy atom. The first-order chi connectivity index (χ1) is 16.7. The molecule has 0 bridgehead atoms. The maximum atomic E-state index is 13.5. The summed E-state index contributed by atoms with van der Waals surface area (Å²) >= 11 is 0. The second-order valence-corrected chi connectivity index (χ2v) is 10.9. The van der Waals surface area contributed by atoms with Gasteiger partial charge in [-0.15, -0.1) is 5.10 Å². The Kier molecular flexibility index (Phi) is 5.61. The van der Waals surface area contributed by atoms with Gasteiger partial charge in [0, 0.05) is 48.8 Å². The molecular weight excluding hydrogens is 447 g/mol. The molecule has 0 radical (unpaired) electrons. The van der Waals surface area contributed by atoms with Crippen molar-refractivity contribution < 1.29 is 9.18 Å². The molecule has 1 aliphatic carbocycles. The molecule has 1 spiro atoms. The van der Waals surface area contributed by atoms with E-state index in [-0.39, 0.29) is 23.4 Å². The number of carbonyl (C=O) groups is 1. The van der Waals surface area contributed by atoms with Crippen molar-refractivity contribution in [2.24, 2.45) is 5.41 Å². The van der Waals surface area contributed by atoms with E-state index in [1.165, 1.54) is 6.20 Å². The molecule has 3 aliphatic rings. The highest BCUT2D eigenvalue weighted by Crippen LogP contribution is 2.56. The standard InChI is InChI=1S/C25H31FN8O/c1-16-12-33(23(35)24(3,4)13-26)17(2)11-32(16)21-20-22(29-15-28-21)34(14-25(20)6-5-7-25)19-8-18(9-27)10-30-31-19/h8,10,15-17H,5-7,11-14H2,1-4H3/t16-,17+/m0/s1. The van der Waals surface area contributed by atoms with E-state index >= 15 is 0 Å². The minimum absolute atomic E-state index is 0.0115. The van der Waals surface area contributed by atoms with Crippen LogP contribution in [0.5, 0.6) is 0 Å². The number of hydrogen-bond acceptors (Lipinski definition) is 8. The number of fused-ring (bicyclic) bond motifs is 2. The summed E-state index contributed by atoms with van der Waals surface area (Å²) in [7, 11) is 0. The molecule has 5 rings (SSSR count). The number of hydrogen-bond donors (Lipinski definition) is 0. The smallest absolute Gasteiger partial charge is 0.231 e. The summed E-state index contributed by atoms with van der Waals surface area (Å²) in [4.78, 5) is 28.6. The SMILES string of the molecule is C[C@@H]1CN(c2ncnc3c2C2(CCC2)CN3c2cc(C#N)cnn2)[C@@H](C)CN1C(=O)C(C)(C)CF. The Morgan fingerprint density at radius 2 is 1.97 bits per heavy atom. The van der Waals surface area contributed by atoms with E-state index in [1.54, 1.807) is 26.2 Å². The number of halogens is 1. The molecule has 1 amide bonds. The number of carbonyl (C=O) groups excluding carboxylic acids is 1. The molecule has 4 heterocycles. The van der Waals surface area contributed by atoms with Crippen molar-refractivity contribution in [1.82, 2.24) is 25.1 Å². The van der Waals surface area contributed by atoms with Gasteiger partial charge in [-0.1, -0.05) is 6.42 Å². The number of amides is 1. The molecule has 0 unspecified atom stereocenters. The fourth-order valence-corrected chi connectivity index (χ4v) is 5.62. The highest BCUT2D eigenvalue weighted by atomic mass is 19.1. The van der Waals surface area contributed by atoms with Crippen LogP contribution in [0, 0.1) is 16.7 Å². The zero-order valence-corrected chi connectivity index (χ0v) is 20.7. The van der Waals surface area contributed by atoms with Gasteiger partial charge in [0.15, 0.2) is 5.82 Å². The summed E-state index contributed by atoms with van der Waals surface area (Å²) in [6.45, 7) is 8.59. The van der Waals surface area contributed by atoms with Crippen LogP contribution in [-0.2, 0) is 10.2 Å². The number of piperazine rings is 1.